The van der Waals surface area contributed by atoms with E-state index < -0.39 is 7.37 Å². The van der Waals surface area contributed by atoms with E-state index in [0.29, 0.717) is 30.2 Å². The van der Waals surface area contributed by atoms with Crippen LogP contribution in [0.25, 0.3) is 33.5 Å². The molecule has 0 saturated heterocycles. The standard InChI is InChI=1S/C24H23N6O2P/c1-3-33(31,32-2)16-17-6-9-19(10-7-17)22-14-26-23-24(27-22)30(29-28-23)15-18-8-11-21-20(13-18)5-4-12-25-21/h4-14H,3,15-16H2,1-2H3. The van der Waals surface area contributed by atoms with Crippen molar-refractivity contribution in [3.8, 4) is 11.3 Å². The Morgan fingerprint density at radius 2 is 1.85 bits per heavy atom. The molecule has 8 nitrogen and oxygen atoms in total. The number of hydrogen-bond donors (Lipinski definition) is 0. The van der Waals surface area contributed by atoms with E-state index in [4.69, 9.17) is 9.51 Å². The summed E-state index contributed by atoms with van der Waals surface area (Å²) in [5, 5.41) is 9.50. The van der Waals surface area contributed by atoms with E-state index >= 15 is 0 Å². The highest BCUT2D eigenvalue weighted by Crippen LogP contribution is 2.48. The van der Waals surface area contributed by atoms with E-state index in [2.05, 4.69) is 26.3 Å². The number of fused-ring (bicyclic) bond motifs is 2. The van der Waals surface area contributed by atoms with E-state index in [0.717, 1.165) is 33.3 Å². The number of rotatable bonds is 7. The fraction of sp³-hybridized carbons (Fsp3) is 0.208. The SMILES string of the molecule is CCP(=O)(Cc1ccc(-c2cnc3nnn(Cc4ccc5ncccc5c4)c3n2)cc1)OC. The van der Waals surface area contributed by atoms with Crippen molar-refractivity contribution in [1.82, 2.24) is 29.9 Å². The van der Waals surface area contributed by atoms with Gasteiger partial charge >= 0.3 is 0 Å². The van der Waals surface area contributed by atoms with E-state index in [9.17, 15) is 4.57 Å². The molecule has 166 valence electrons. The Balaban J connectivity index is 1.42. The molecular formula is C24H23N6O2P. The highest BCUT2D eigenvalue weighted by molar-refractivity contribution is 7.58. The van der Waals surface area contributed by atoms with Crippen LogP contribution in [0.15, 0.2) is 67.0 Å². The van der Waals surface area contributed by atoms with Crippen LogP contribution in [0.5, 0.6) is 0 Å². The summed E-state index contributed by atoms with van der Waals surface area (Å²) < 4.78 is 19.6. The summed E-state index contributed by atoms with van der Waals surface area (Å²) in [5.41, 5.74) is 5.78. The summed E-state index contributed by atoms with van der Waals surface area (Å²) in [5.74, 6) is 0. The second-order valence-electron chi connectivity index (χ2n) is 7.85. The molecule has 2 aromatic carbocycles. The average molecular weight is 458 g/mol. The number of hydrogen-bond acceptors (Lipinski definition) is 7. The molecule has 33 heavy (non-hydrogen) atoms. The van der Waals surface area contributed by atoms with Gasteiger partial charge in [-0.25, -0.2) is 14.6 Å². The Labute approximate surface area is 191 Å². The minimum Gasteiger partial charge on any atom is -0.332 e. The van der Waals surface area contributed by atoms with Crippen molar-refractivity contribution in [2.75, 3.05) is 13.3 Å². The maximum Gasteiger partial charge on any atom is 0.221 e. The van der Waals surface area contributed by atoms with Gasteiger partial charge in [-0.15, -0.1) is 5.10 Å². The summed E-state index contributed by atoms with van der Waals surface area (Å²) >= 11 is 0. The zero-order chi connectivity index (χ0) is 22.8. The monoisotopic (exact) mass is 458 g/mol. The van der Waals surface area contributed by atoms with Crippen LogP contribution in [0, 0.1) is 0 Å². The second-order valence-corrected chi connectivity index (χ2v) is 10.8. The molecule has 0 amide bonds. The number of benzene rings is 2. The zero-order valence-corrected chi connectivity index (χ0v) is 19.3. The molecule has 1 atom stereocenters. The molecule has 0 aliphatic heterocycles. The molecule has 3 heterocycles. The molecule has 0 aliphatic rings. The van der Waals surface area contributed by atoms with Crippen LogP contribution < -0.4 is 0 Å². The van der Waals surface area contributed by atoms with Gasteiger partial charge in [0.25, 0.3) is 0 Å². The third kappa shape index (κ3) is 4.40. The lowest BCUT2D eigenvalue weighted by Crippen LogP contribution is -2.03. The molecule has 0 N–H and O–H groups in total. The molecule has 5 aromatic rings. The first-order chi connectivity index (χ1) is 16.1. The van der Waals surface area contributed by atoms with Crippen molar-refractivity contribution in [2.24, 2.45) is 0 Å². The highest BCUT2D eigenvalue weighted by atomic mass is 31.2. The lowest BCUT2D eigenvalue weighted by Gasteiger charge is -2.14. The third-order valence-corrected chi connectivity index (χ3v) is 8.19. The fourth-order valence-corrected chi connectivity index (χ4v) is 5.14. The maximum absolute atomic E-state index is 12.6. The normalized spacial score (nSPS) is 13.4. The topological polar surface area (TPSA) is 95.7 Å². The van der Waals surface area contributed by atoms with Crippen molar-refractivity contribution < 1.29 is 9.09 Å². The quantitative estimate of drug-likeness (QED) is 0.319. The first-order valence-corrected chi connectivity index (χ1v) is 12.7. The molecule has 1 unspecified atom stereocenters. The Morgan fingerprint density at radius 1 is 1.03 bits per heavy atom. The Kier molecular flexibility index (Phi) is 5.70. The molecule has 0 bridgehead atoms. The Bertz CT molecular complexity index is 1470. The van der Waals surface area contributed by atoms with Crippen molar-refractivity contribution >= 4 is 29.6 Å². The molecule has 9 heteroatoms. The first kappa shape index (κ1) is 21.4. The van der Waals surface area contributed by atoms with Gasteiger partial charge in [-0.05, 0) is 29.3 Å². The van der Waals surface area contributed by atoms with Crippen molar-refractivity contribution in [2.45, 2.75) is 19.6 Å². The van der Waals surface area contributed by atoms with Gasteiger partial charge in [0.1, 0.15) is 0 Å². The molecule has 5 rings (SSSR count). The van der Waals surface area contributed by atoms with Crippen LogP contribution in [-0.4, -0.2) is 43.2 Å². The predicted molar refractivity (Wildman–Crippen MR) is 128 cm³/mol. The maximum atomic E-state index is 12.6. The van der Waals surface area contributed by atoms with Crippen molar-refractivity contribution in [3.05, 3.63) is 78.1 Å². The van der Waals surface area contributed by atoms with Crippen molar-refractivity contribution in [3.63, 3.8) is 0 Å². The Morgan fingerprint density at radius 3 is 2.64 bits per heavy atom. The van der Waals surface area contributed by atoms with Gasteiger partial charge < -0.3 is 4.52 Å². The molecule has 0 radical (unpaired) electrons. The van der Waals surface area contributed by atoms with E-state index in [1.54, 1.807) is 17.1 Å². The minimum absolute atomic E-state index is 0.420. The van der Waals surface area contributed by atoms with E-state index in [1.165, 1.54) is 7.11 Å². The molecule has 0 aliphatic carbocycles. The van der Waals surface area contributed by atoms with Crippen LogP contribution in [0.1, 0.15) is 18.1 Å². The van der Waals surface area contributed by atoms with Gasteiger partial charge in [-0.2, -0.15) is 0 Å². The molecule has 3 aromatic heterocycles. The average Bonchev–Trinajstić information content (AvgIpc) is 3.26. The van der Waals surface area contributed by atoms with Crippen LogP contribution in [-0.2, 0) is 21.8 Å². The summed E-state index contributed by atoms with van der Waals surface area (Å²) in [7, 11) is -1.11. The summed E-state index contributed by atoms with van der Waals surface area (Å²) in [6.07, 6.45) is 4.42. The van der Waals surface area contributed by atoms with Gasteiger partial charge in [-0.3, -0.25) is 9.55 Å². The predicted octanol–water partition coefficient (Wildman–Crippen LogP) is 4.93. The van der Waals surface area contributed by atoms with Gasteiger partial charge in [0, 0.05) is 36.6 Å². The molecule has 0 spiro atoms. The number of pyridine rings is 1. The Hall–Kier alpha value is -3.48. The first-order valence-electron chi connectivity index (χ1n) is 10.7. The number of nitrogens with zero attached hydrogens (tertiary/aromatic N) is 6. The third-order valence-electron chi connectivity index (χ3n) is 5.71. The largest absolute Gasteiger partial charge is 0.332 e. The summed E-state index contributed by atoms with van der Waals surface area (Å²) in [6, 6.07) is 18.0. The van der Waals surface area contributed by atoms with Gasteiger partial charge in [0.2, 0.25) is 13.0 Å². The molecular weight excluding hydrogens is 435 g/mol. The van der Waals surface area contributed by atoms with Crippen molar-refractivity contribution in [1.29, 1.82) is 0 Å². The zero-order valence-electron chi connectivity index (χ0n) is 18.4. The second kappa shape index (κ2) is 8.81. The van der Waals surface area contributed by atoms with Gasteiger partial charge in [0.05, 0.1) is 24.0 Å². The van der Waals surface area contributed by atoms with E-state index in [-0.39, 0.29) is 0 Å². The minimum atomic E-state index is -2.62. The summed E-state index contributed by atoms with van der Waals surface area (Å²) in [4.78, 5) is 13.6. The van der Waals surface area contributed by atoms with E-state index in [1.807, 2.05) is 55.5 Å². The highest BCUT2D eigenvalue weighted by Gasteiger charge is 2.19. The van der Waals surface area contributed by atoms with Gasteiger partial charge in [0.15, 0.2) is 5.65 Å². The van der Waals surface area contributed by atoms with Crippen LogP contribution in [0.4, 0.5) is 0 Å². The lowest BCUT2D eigenvalue weighted by atomic mass is 10.1. The summed E-state index contributed by atoms with van der Waals surface area (Å²) in [6.45, 7) is 2.41. The number of aromatic nitrogens is 6. The fourth-order valence-electron chi connectivity index (χ4n) is 3.76. The molecule has 0 saturated carbocycles. The van der Waals surface area contributed by atoms with Crippen LogP contribution in [0.2, 0.25) is 0 Å². The van der Waals surface area contributed by atoms with Gasteiger partial charge in [-0.1, -0.05) is 48.5 Å². The van der Waals surface area contributed by atoms with Crippen LogP contribution in [0.3, 0.4) is 0 Å². The molecule has 0 fully saturated rings. The van der Waals surface area contributed by atoms with Crippen LogP contribution >= 0.6 is 7.37 Å². The lowest BCUT2D eigenvalue weighted by molar-refractivity contribution is 0.393. The smallest absolute Gasteiger partial charge is 0.221 e.